The van der Waals surface area contributed by atoms with E-state index in [1.54, 1.807) is 7.11 Å². The van der Waals surface area contributed by atoms with Gasteiger partial charge in [-0.2, -0.15) is 5.06 Å². The quantitative estimate of drug-likeness (QED) is 0.798. The Hall–Kier alpha value is -1.06. The minimum atomic E-state index is 0.645. The molecule has 3 fully saturated rings. The summed E-state index contributed by atoms with van der Waals surface area (Å²) in [6.07, 6.45) is 2.71. The second-order valence-corrected chi connectivity index (χ2v) is 5.77. The predicted molar refractivity (Wildman–Crippen MR) is 68.4 cm³/mol. The van der Waals surface area contributed by atoms with Crippen molar-refractivity contribution >= 4 is 0 Å². The number of rotatable bonds is 2. The summed E-state index contributed by atoms with van der Waals surface area (Å²) in [6.45, 7) is 2.02. The molecule has 96 valence electrons. The Morgan fingerprint density at radius 3 is 2.83 bits per heavy atom. The van der Waals surface area contributed by atoms with Gasteiger partial charge in [-0.25, -0.2) is 0 Å². The maximum atomic E-state index is 5.82. The Balaban J connectivity index is 1.62. The molecule has 0 bridgehead atoms. The zero-order valence-corrected chi connectivity index (χ0v) is 10.7. The Morgan fingerprint density at radius 1 is 1.22 bits per heavy atom. The molecule has 0 unspecified atom stereocenters. The lowest BCUT2D eigenvalue weighted by atomic mass is 9.86. The third-order valence-electron chi connectivity index (χ3n) is 5.02. The summed E-state index contributed by atoms with van der Waals surface area (Å²) in [4.78, 5) is 5.82. The van der Waals surface area contributed by atoms with Crippen molar-refractivity contribution in [2.45, 2.75) is 24.8 Å². The zero-order chi connectivity index (χ0) is 12.1. The molecular formula is C15H19NO2. The van der Waals surface area contributed by atoms with Crippen molar-refractivity contribution in [1.29, 1.82) is 0 Å². The molecule has 4 rings (SSSR count). The van der Waals surface area contributed by atoms with Crippen LogP contribution in [0.5, 0.6) is 5.75 Å². The predicted octanol–water partition coefficient (Wildman–Crippen LogP) is 2.43. The molecule has 1 aromatic carbocycles. The highest BCUT2D eigenvalue weighted by Crippen LogP contribution is 2.51. The molecule has 1 aliphatic carbocycles. The van der Waals surface area contributed by atoms with Gasteiger partial charge in [0.1, 0.15) is 5.75 Å². The van der Waals surface area contributed by atoms with Crippen molar-refractivity contribution in [3.63, 3.8) is 0 Å². The maximum absolute atomic E-state index is 5.82. The molecule has 1 saturated carbocycles. The van der Waals surface area contributed by atoms with Crippen molar-refractivity contribution in [2.24, 2.45) is 11.8 Å². The number of hydrogen-bond acceptors (Lipinski definition) is 3. The molecule has 0 radical (unpaired) electrons. The first kappa shape index (κ1) is 10.8. The summed E-state index contributed by atoms with van der Waals surface area (Å²) in [5.41, 5.74) is 1.44. The second kappa shape index (κ2) is 3.97. The van der Waals surface area contributed by atoms with Crippen LogP contribution in [0.1, 0.15) is 24.3 Å². The minimum Gasteiger partial charge on any atom is -0.497 e. The Bertz CT molecular complexity index is 444. The first-order valence-corrected chi connectivity index (χ1v) is 6.90. The summed E-state index contributed by atoms with van der Waals surface area (Å²) in [7, 11) is 1.72. The number of hydroxylamine groups is 2. The van der Waals surface area contributed by atoms with Crippen LogP contribution in [0.3, 0.4) is 0 Å². The fourth-order valence-electron chi connectivity index (χ4n) is 4.15. The van der Waals surface area contributed by atoms with Crippen LogP contribution in [0.4, 0.5) is 0 Å². The van der Waals surface area contributed by atoms with E-state index < -0.39 is 0 Å². The number of methoxy groups -OCH3 is 1. The lowest BCUT2D eigenvalue weighted by molar-refractivity contribution is -0.117. The van der Waals surface area contributed by atoms with Gasteiger partial charge in [0.2, 0.25) is 0 Å². The first-order chi connectivity index (χ1) is 8.86. The van der Waals surface area contributed by atoms with Gasteiger partial charge in [-0.15, -0.1) is 0 Å². The molecule has 1 aromatic rings. The van der Waals surface area contributed by atoms with Crippen molar-refractivity contribution in [1.82, 2.24) is 5.06 Å². The lowest BCUT2D eigenvalue weighted by Crippen LogP contribution is -2.25. The molecule has 18 heavy (non-hydrogen) atoms. The number of nitrogens with zero attached hydrogens (tertiary/aromatic N) is 1. The molecule has 0 amide bonds. The van der Waals surface area contributed by atoms with E-state index in [1.165, 1.54) is 18.4 Å². The third-order valence-corrected chi connectivity index (χ3v) is 5.02. The highest BCUT2D eigenvalue weighted by Gasteiger charge is 2.53. The average molecular weight is 245 g/mol. The SMILES string of the molecule is COc1ccc([C@H]2CN3OC[C@@H]4CC[C@H]2[C@@H]43)cc1. The zero-order valence-electron chi connectivity index (χ0n) is 10.7. The third kappa shape index (κ3) is 1.44. The Labute approximate surface area is 108 Å². The van der Waals surface area contributed by atoms with E-state index >= 15 is 0 Å². The van der Waals surface area contributed by atoms with E-state index in [4.69, 9.17) is 9.57 Å². The molecule has 2 heterocycles. The largest absolute Gasteiger partial charge is 0.497 e. The van der Waals surface area contributed by atoms with Crippen LogP contribution in [0.25, 0.3) is 0 Å². The van der Waals surface area contributed by atoms with Gasteiger partial charge in [0.25, 0.3) is 0 Å². The van der Waals surface area contributed by atoms with Gasteiger partial charge in [-0.05, 0) is 36.5 Å². The van der Waals surface area contributed by atoms with Gasteiger partial charge in [0.15, 0.2) is 0 Å². The summed E-state index contributed by atoms with van der Waals surface area (Å²) in [5, 5.41) is 2.26. The van der Waals surface area contributed by atoms with Crippen molar-refractivity contribution in [2.75, 3.05) is 20.3 Å². The smallest absolute Gasteiger partial charge is 0.118 e. The molecule has 3 nitrogen and oxygen atoms in total. The standard InChI is InChI=1S/C15H19NO2/c1-17-12-5-2-10(3-6-12)14-8-16-15-11(9-18-16)4-7-13(14)15/h2-3,5-6,11,13-15H,4,7-9H2,1H3/t11-,13+,14+,15+/m0/s1. The molecule has 3 aliphatic rings. The van der Waals surface area contributed by atoms with Crippen LogP contribution in [0.2, 0.25) is 0 Å². The molecule has 4 atom stereocenters. The van der Waals surface area contributed by atoms with E-state index in [2.05, 4.69) is 29.3 Å². The van der Waals surface area contributed by atoms with Crippen LogP contribution in [-0.2, 0) is 4.84 Å². The molecule has 0 N–H and O–H groups in total. The molecule has 2 saturated heterocycles. The molecule has 2 aliphatic heterocycles. The Kier molecular flexibility index (Phi) is 2.39. The van der Waals surface area contributed by atoms with Crippen molar-refractivity contribution < 1.29 is 9.57 Å². The number of hydrogen-bond donors (Lipinski definition) is 0. The fourth-order valence-corrected chi connectivity index (χ4v) is 4.15. The molecular weight excluding hydrogens is 226 g/mol. The molecule has 0 aromatic heterocycles. The van der Waals surface area contributed by atoms with Crippen molar-refractivity contribution in [3.05, 3.63) is 29.8 Å². The van der Waals surface area contributed by atoms with Crippen molar-refractivity contribution in [3.8, 4) is 5.75 Å². The highest BCUT2D eigenvalue weighted by molar-refractivity contribution is 5.31. The normalized spacial score (nSPS) is 38.1. The summed E-state index contributed by atoms with van der Waals surface area (Å²) < 4.78 is 5.23. The van der Waals surface area contributed by atoms with Gasteiger partial charge in [0.05, 0.1) is 13.7 Å². The highest BCUT2D eigenvalue weighted by atomic mass is 16.7. The fraction of sp³-hybridized carbons (Fsp3) is 0.600. The maximum Gasteiger partial charge on any atom is 0.118 e. The van der Waals surface area contributed by atoms with Crippen LogP contribution in [-0.4, -0.2) is 31.4 Å². The lowest BCUT2D eigenvalue weighted by Gasteiger charge is -2.17. The second-order valence-electron chi connectivity index (χ2n) is 5.77. The van der Waals surface area contributed by atoms with Crippen LogP contribution < -0.4 is 4.74 Å². The van der Waals surface area contributed by atoms with Gasteiger partial charge < -0.3 is 4.74 Å². The van der Waals surface area contributed by atoms with E-state index in [9.17, 15) is 0 Å². The summed E-state index contributed by atoms with van der Waals surface area (Å²) >= 11 is 0. The molecule has 0 spiro atoms. The van der Waals surface area contributed by atoms with E-state index in [1.807, 2.05) is 0 Å². The molecule has 3 heteroatoms. The number of ether oxygens (including phenoxy) is 1. The van der Waals surface area contributed by atoms with Gasteiger partial charge in [-0.3, -0.25) is 4.84 Å². The van der Waals surface area contributed by atoms with Gasteiger partial charge >= 0.3 is 0 Å². The summed E-state index contributed by atoms with van der Waals surface area (Å²) in [6, 6.07) is 9.29. The monoisotopic (exact) mass is 245 g/mol. The first-order valence-electron chi connectivity index (χ1n) is 6.90. The number of benzene rings is 1. The van der Waals surface area contributed by atoms with Crippen LogP contribution >= 0.6 is 0 Å². The topological polar surface area (TPSA) is 21.7 Å². The summed E-state index contributed by atoms with van der Waals surface area (Å²) in [5.74, 6) is 3.17. The van der Waals surface area contributed by atoms with E-state index in [-0.39, 0.29) is 0 Å². The van der Waals surface area contributed by atoms with Gasteiger partial charge in [-0.1, -0.05) is 12.1 Å². The van der Waals surface area contributed by atoms with Crippen LogP contribution in [0.15, 0.2) is 24.3 Å². The van der Waals surface area contributed by atoms with Gasteiger partial charge in [0, 0.05) is 24.4 Å². The minimum absolute atomic E-state index is 0.645. The van der Waals surface area contributed by atoms with E-state index in [0.29, 0.717) is 12.0 Å². The average Bonchev–Trinajstić information content (AvgIpc) is 3.07. The Morgan fingerprint density at radius 2 is 2.06 bits per heavy atom. The van der Waals surface area contributed by atoms with E-state index in [0.717, 1.165) is 30.7 Å². The van der Waals surface area contributed by atoms with Crippen LogP contribution in [0, 0.1) is 11.8 Å².